The fraction of sp³-hybridized carbons (Fsp3) is 0.250. The summed E-state index contributed by atoms with van der Waals surface area (Å²) < 4.78 is 23.3. The van der Waals surface area contributed by atoms with E-state index in [9.17, 15) is 8.42 Å². The first-order chi connectivity index (χ1) is 13.4. The molecule has 144 valence electrons. The van der Waals surface area contributed by atoms with Gasteiger partial charge in [-0.15, -0.1) is 0 Å². The van der Waals surface area contributed by atoms with Crippen LogP contribution in [0.1, 0.15) is 17.0 Å². The molecule has 0 bridgehead atoms. The molecule has 0 atom stereocenters. The Hall–Kier alpha value is -2.35. The van der Waals surface area contributed by atoms with Crippen LogP contribution in [0.3, 0.4) is 0 Å². The highest BCUT2D eigenvalue weighted by molar-refractivity contribution is 7.90. The molecule has 4 rings (SSSR count). The lowest BCUT2D eigenvalue weighted by molar-refractivity contribution is 0.239. The van der Waals surface area contributed by atoms with E-state index in [-0.39, 0.29) is 5.16 Å². The Kier molecular flexibility index (Phi) is 5.14. The van der Waals surface area contributed by atoms with Gasteiger partial charge in [-0.25, -0.2) is 18.4 Å². The topological polar surface area (TPSA) is 76.1 Å². The van der Waals surface area contributed by atoms with E-state index < -0.39 is 9.84 Å². The minimum atomic E-state index is -3.39. The summed E-state index contributed by atoms with van der Waals surface area (Å²) in [6.07, 6.45) is 3.45. The molecule has 1 aromatic carbocycles. The number of benzene rings is 1. The van der Waals surface area contributed by atoms with Crippen molar-refractivity contribution in [1.29, 1.82) is 0 Å². The van der Waals surface area contributed by atoms with Crippen molar-refractivity contribution in [2.24, 2.45) is 0 Å². The highest BCUT2D eigenvalue weighted by Crippen LogP contribution is 2.22. The third-order valence-electron chi connectivity index (χ3n) is 4.65. The number of rotatable bonds is 4. The van der Waals surface area contributed by atoms with Crippen LogP contribution in [0.25, 0.3) is 11.3 Å². The van der Waals surface area contributed by atoms with Crippen LogP contribution in [0.15, 0.2) is 53.8 Å². The normalized spacial score (nSPS) is 14.6. The summed E-state index contributed by atoms with van der Waals surface area (Å²) in [5, 5.41) is 0.602. The number of sulfone groups is 1. The van der Waals surface area contributed by atoms with E-state index in [1.165, 1.54) is 0 Å². The van der Waals surface area contributed by atoms with Gasteiger partial charge in [-0.1, -0.05) is 29.8 Å². The maximum absolute atomic E-state index is 11.6. The SMILES string of the molecule is CS(=O)(=O)c1ncc2c(n1)CCN(Cc1cccc(-c3ccc(Cl)cc3)n1)C2. The zero-order valence-electron chi connectivity index (χ0n) is 15.3. The third-order valence-corrected chi connectivity index (χ3v) is 5.77. The molecule has 1 aliphatic heterocycles. The molecule has 0 fully saturated rings. The summed E-state index contributed by atoms with van der Waals surface area (Å²) in [5.74, 6) is 0. The van der Waals surface area contributed by atoms with E-state index >= 15 is 0 Å². The van der Waals surface area contributed by atoms with Crippen molar-refractivity contribution in [3.05, 3.63) is 70.6 Å². The van der Waals surface area contributed by atoms with Crippen LogP contribution in [-0.2, 0) is 29.3 Å². The number of fused-ring (bicyclic) bond motifs is 1. The van der Waals surface area contributed by atoms with Crippen molar-refractivity contribution in [3.8, 4) is 11.3 Å². The van der Waals surface area contributed by atoms with Gasteiger partial charge >= 0.3 is 0 Å². The molecule has 3 heterocycles. The minimum absolute atomic E-state index is 0.1000. The Labute approximate surface area is 169 Å². The largest absolute Gasteiger partial charge is 0.293 e. The molecule has 0 saturated carbocycles. The van der Waals surface area contributed by atoms with Crippen LogP contribution in [0, 0.1) is 0 Å². The van der Waals surface area contributed by atoms with E-state index in [2.05, 4.69) is 14.9 Å². The zero-order valence-corrected chi connectivity index (χ0v) is 16.9. The average molecular weight is 415 g/mol. The predicted molar refractivity (Wildman–Crippen MR) is 108 cm³/mol. The summed E-state index contributed by atoms with van der Waals surface area (Å²) in [5.41, 5.74) is 4.69. The van der Waals surface area contributed by atoms with Gasteiger partial charge in [0.25, 0.3) is 0 Å². The first kappa shape index (κ1) is 19.0. The quantitative estimate of drug-likeness (QED) is 0.610. The van der Waals surface area contributed by atoms with Gasteiger partial charge in [-0.3, -0.25) is 9.88 Å². The molecular weight excluding hydrogens is 396 g/mol. The van der Waals surface area contributed by atoms with Crippen LogP contribution < -0.4 is 0 Å². The first-order valence-corrected chi connectivity index (χ1v) is 11.1. The van der Waals surface area contributed by atoms with Crippen LogP contribution in [0.2, 0.25) is 5.02 Å². The molecule has 28 heavy (non-hydrogen) atoms. The Balaban J connectivity index is 1.50. The lowest BCUT2D eigenvalue weighted by Crippen LogP contribution is -2.31. The van der Waals surface area contributed by atoms with Gasteiger partial charge in [0, 0.05) is 54.7 Å². The predicted octanol–water partition coefficient (Wildman–Crippen LogP) is 3.15. The highest BCUT2D eigenvalue weighted by Gasteiger charge is 2.21. The molecule has 0 unspecified atom stereocenters. The van der Waals surface area contributed by atoms with Gasteiger partial charge < -0.3 is 0 Å². The van der Waals surface area contributed by atoms with Crippen LogP contribution >= 0.6 is 11.6 Å². The minimum Gasteiger partial charge on any atom is -0.293 e. The molecule has 0 N–H and O–H groups in total. The van der Waals surface area contributed by atoms with Crippen molar-refractivity contribution >= 4 is 21.4 Å². The van der Waals surface area contributed by atoms with Gasteiger partial charge in [0.05, 0.1) is 17.1 Å². The van der Waals surface area contributed by atoms with Crippen molar-refractivity contribution < 1.29 is 8.42 Å². The molecule has 1 aliphatic rings. The molecule has 3 aromatic rings. The number of aromatic nitrogens is 3. The Morgan fingerprint density at radius 2 is 1.89 bits per heavy atom. The summed E-state index contributed by atoms with van der Waals surface area (Å²) in [4.78, 5) is 15.3. The van der Waals surface area contributed by atoms with E-state index in [4.69, 9.17) is 16.6 Å². The summed E-state index contributed by atoms with van der Waals surface area (Å²) >= 11 is 5.96. The molecular formula is C20H19ClN4O2S. The molecule has 0 radical (unpaired) electrons. The average Bonchev–Trinajstić information content (AvgIpc) is 2.67. The second-order valence-electron chi connectivity index (χ2n) is 6.88. The van der Waals surface area contributed by atoms with E-state index in [0.29, 0.717) is 24.5 Å². The lowest BCUT2D eigenvalue weighted by atomic mass is 10.1. The van der Waals surface area contributed by atoms with Gasteiger partial charge in [0.2, 0.25) is 15.0 Å². The van der Waals surface area contributed by atoms with Crippen molar-refractivity contribution in [3.63, 3.8) is 0 Å². The van der Waals surface area contributed by atoms with Gasteiger partial charge in [-0.2, -0.15) is 0 Å². The standard InChI is InChI=1S/C20H19ClN4O2S/c1-28(26,27)20-22-11-15-12-25(10-9-19(15)24-20)13-17-3-2-4-18(23-17)14-5-7-16(21)8-6-14/h2-8,11H,9-10,12-13H2,1H3. The molecule has 0 amide bonds. The number of pyridine rings is 1. The monoisotopic (exact) mass is 414 g/mol. The maximum Gasteiger partial charge on any atom is 0.246 e. The lowest BCUT2D eigenvalue weighted by Gasteiger charge is -2.27. The van der Waals surface area contributed by atoms with Gasteiger partial charge in [0.15, 0.2) is 0 Å². The maximum atomic E-state index is 11.6. The van der Waals surface area contributed by atoms with Crippen molar-refractivity contribution in [1.82, 2.24) is 19.9 Å². The first-order valence-electron chi connectivity index (χ1n) is 8.87. The number of nitrogens with zero attached hydrogens (tertiary/aromatic N) is 4. The molecule has 0 spiro atoms. The zero-order chi connectivity index (χ0) is 19.7. The summed E-state index contributed by atoms with van der Waals surface area (Å²) in [7, 11) is -3.39. The Bertz CT molecular complexity index is 1120. The van der Waals surface area contributed by atoms with Gasteiger partial charge in [-0.05, 0) is 24.3 Å². The van der Waals surface area contributed by atoms with Crippen molar-refractivity contribution in [2.75, 3.05) is 12.8 Å². The summed E-state index contributed by atoms with van der Waals surface area (Å²) in [6, 6.07) is 13.6. The molecule has 8 heteroatoms. The van der Waals surface area contributed by atoms with E-state index in [1.807, 2.05) is 42.5 Å². The van der Waals surface area contributed by atoms with Crippen LogP contribution in [-0.4, -0.2) is 41.1 Å². The van der Waals surface area contributed by atoms with E-state index in [0.717, 1.165) is 41.0 Å². The van der Waals surface area contributed by atoms with E-state index in [1.54, 1.807) is 6.20 Å². The van der Waals surface area contributed by atoms with Crippen LogP contribution in [0.4, 0.5) is 0 Å². The second kappa shape index (κ2) is 7.58. The second-order valence-corrected chi connectivity index (χ2v) is 9.22. The van der Waals surface area contributed by atoms with Crippen LogP contribution in [0.5, 0.6) is 0 Å². The molecule has 0 aliphatic carbocycles. The molecule has 0 saturated heterocycles. The Morgan fingerprint density at radius 3 is 2.64 bits per heavy atom. The number of hydrogen-bond acceptors (Lipinski definition) is 6. The fourth-order valence-corrected chi connectivity index (χ4v) is 3.89. The third kappa shape index (κ3) is 4.22. The molecule has 6 nitrogen and oxygen atoms in total. The Morgan fingerprint density at radius 1 is 1.11 bits per heavy atom. The number of hydrogen-bond donors (Lipinski definition) is 0. The molecule has 2 aromatic heterocycles. The van der Waals surface area contributed by atoms with Gasteiger partial charge in [0.1, 0.15) is 0 Å². The summed E-state index contributed by atoms with van der Waals surface area (Å²) in [6.45, 7) is 2.17. The van der Waals surface area contributed by atoms with Crippen molar-refractivity contribution in [2.45, 2.75) is 24.7 Å². The fourth-order valence-electron chi connectivity index (χ4n) is 3.25. The number of halogens is 1. The smallest absolute Gasteiger partial charge is 0.246 e. The highest BCUT2D eigenvalue weighted by atomic mass is 35.5.